The second-order valence-corrected chi connectivity index (χ2v) is 6.92. The van der Waals surface area contributed by atoms with Crippen molar-refractivity contribution in [3.8, 4) is 0 Å². The van der Waals surface area contributed by atoms with E-state index in [0.717, 1.165) is 12.8 Å². The lowest BCUT2D eigenvalue weighted by Gasteiger charge is -2.34. The number of aliphatic imine (C=N–C) groups is 1. The van der Waals surface area contributed by atoms with Crippen LogP contribution >= 0.6 is 0 Å². The maximum Gasteiger partial charge on any atom is 0.341 e. The molecule has 7 nitrogen and oxygen atoms in total. The third kappa shape index (κ3) is 5.22. The number of carboxylic acids is 1. The predicted octanol–water partition coefficient (Wildman–Crippen LogP) is 4.55. The van der Waals surface area contributed by atoms with E-state index >= 15 is 0 Å². The Labute approximate surface area is 170 Å². The molecule has 0 spiro atoms. The maximum absolute atomic E-state index is 14.5. The standard InChI is InChI=1S/C21H27FN4O3/c1-6-11-26-19(18(14-23-26)20(27)28)24-16(3)25-12-7-10-21(25,4)13-17(22)9-8-15(2)29-5/h6,8-9,11,13-14H,2,7,10,12H2,1,3-5H3,(H,27,28)/b9-8-,11-6-,17-13+,24-16+. The lowest BCUT2D eigenvalue weighted by molar-refractivity contribution is 0.0698. The van der Waals surface area contributed by atoms with Crippen molar-refractivity contribution in [1.82, 2.24) is 14.7 Å². The quantitative estimate of drug-likeness (QED) is 0.313. The van der Waals surface area contributed by atoms with Crippen LogP contribution in [0, 0.1) is 0 Å². The van der Waals surface area contributed by atoms with E-state index in [9.17, 15) is 14.3 Å². The number of likely N-dealkylation sites (tertiary alicyclic amines) is 1. The Morgan fingerprint density at radius 1 is 1.48 bits per heavy atom. The van der Waals surface area contributed by atoms with Crippen LogP contribution in [-0.4, -0.2) is 50.8 Å². The zero-order valence-electron chi connectivity index (χ0n) is 17.2. The number of methoxy groups -OCH3 is 1. The molecule has 1 fully saturated rings. The summed E-state index contributed by atoms with van der Waals surface area (Å²) in [4.78, 5) is 18.0. The summed E-state index contributed by atoms with van der Waals surface area (Å²) >= 11 is 0. The third-order valence-corrected chi connectivity index (χ3v) is 4.77. The highest BCUT2D eigenvalue weighted by Crippen LogP contribution is 2.33. The molecular formula is C21H27FN4O3. The van der Waals surface area contributed by atoms with Crippen LogP contribution in [0.15, 0.2) is 53.7 Å². The van der Waals surface area contributed by atoms with Crippen LogP contribution in [0.2, 0.25) is 0 Å². The van der Waals surface area contributed by atoms with Crippen molar-refractivity contribution in [2.45, 2.75) is 39.2 Å². The normalized spacial score (nSPS) is 20.8. The number of carbonyl (C=O) groups is 1. The number of amidine groups is 1. The van der Waals surface area contributed by atoms with E-state index in [1.165, 1.54) is 30.1 Å². The number of allylic oxidation sites excluding steroid dienone is 4. The summed E-state index contributed by atoms with van der Waals surface area (Å²) in [6.07, 6.45) is 10.6. The van der Waals surface area contributed by atoms with Crippen molar-refractivity contribution < 1.29 is 19.0 Å². The van der Waals surface area contributed by atoms with E-state index in [4.69, 9.17) is 4.74 Å². The number of rotatable bonds is 7. The predicted molar refractivity (Wildman–Crippen MR) is 112 cm³/mol. The molecule has 0 aromatic carbocycles. The molecule has 1 aromatic rings. The van der Waals surface area contributed by atoms with Gasteiger partial charge in [-0.1, -0.05) is 12.7 Å². The molecule has 0 aliphatic carbocycles. The van der Waals surface area contributed by atoms with Gasteiger partial charge in [0.15, 0.2) is 5.82 Å². The van der Waals surface area contributed by atoms with E-state index in [1.807, 2.05) is 11.8 Å². The van der Waals surface area contributed by atoms with E-state index < -0.39 is 17.3 Å². The third-order valence-electron chi connectivity index (χ3n) is 4.77. The summed E-state index contributed by atoms with van der Waals surface area (Å²) in [6, 6.07) is 0. The van der Waals surface area contributed by atoms with Crippen molar-refractivity contribution in [3.63, 3.8) is 0 Å². The Kier molecular flexibility index (Phi) is 7.14. The van der Waals surface area contributed by atoms with E-state index in [-0.39, 0.29) is 11.4 Å². The SMILES string of the molecule is C=C(/C=C\C(F)=C/C1(C)CCCN1/C(C)=N/c1c(C(=O)O)cnn1/C=C\C)OC. The van der Waals surface area contributed by atoms with Gasteiger partial charge in [-0.15, -0.1) is 0 Å². The summed E-state index contributed by atoms with van der Waals surface area (Å²) in [6.45, 7) is 9.84. The minimum atomic E-state index is -1.11. The Morgan fingerprint density at radius 3 is 2.83 bits per heavy atom. The molecule has 0 saturated carbocycles. The monoisotopic (exact) mass is 402 g/mol. The van der Waals surface area contributed by atoms with Crippen LogP contribution in [0.25, 0.3) is 6.20 Å². The largest absolute Gasteiger partial charge is 0.497 e. The molecule has 1 aliphatic rings. The van der Waals surface area contributed by atoms with E-state index in [1.54, 1.807) is 32.2 Å². The first kappa shape index (κ1) is 22.1. The Morgan fingerprint density at radius 2 is 2.21 bits per heavy atom. The molecule has 1 aromatic heterocycles. The van der Waals surface area contributed by atoms with Crippen molar-refractivity contribution in [2.24, 2.45) is 4.99 Å². The highest BCUT2D eigenvalue weighted by molar-refractivity contribution is 5.95. The molecule has 0 bridgehead atoms. The molecule has 1 aliphatic heterocycles. The first-order chi connectivity index (χ1) is 13.7. The maximum atomic E-state index is 14.5. The van der Waals surface area contributed by atoms with Gasteiger partial charge in [0.05, 0.1) is 18.8 Å². The van der Waals surface area contributed by atoms with Crippen LogP contribution in [-0.2, 0) is 4.74 Å². The average molecular weight is 402 g/mol. The van der Waals surface area contributed by atoms with E-state index in [0.29, 0.717) is 18.1 Å². The Hall–Kier alpha value is -3.16. The molecule has 0 amide bonds. The van der Waals surface area contributed by atoms with Crippen LogP contribution in [0.3, 0.4) is 0 Å². The molecule has 1 saturated heterocycles. The van der Waals surface area contributed by atoms with Gasteiger partial charge in [-0.2, -0.15) is 5.10 Å². The number of hydrogen-bond acceptors (Lipinski definition) is 4. The van der Waals surface area contributed by atoms with Crippen molar-refractivity contribution >= 4 is 23.8 Å². The van der Waals surface area contributed by atoms with Crippen LogP contribution in [0.4, 0.5) is 10.2 Å². The number of hydrogen-bond donors (Lipinski definition) is 1. The van der Waals surface area contributed by atoms with Gasteiger partial charge in [0, 0.05) is 12.7 Å². The van der Waals surface area contributed by atoms with Gasteiger partial charge in [-0.3, -0.25) is 0 Å². The number of carboxylic acid groups (broad SMARTS) is 1. The molecule has 1 unspecified atom stereocenters. The van der Waals surface area contributed by atoms with Gasteiger partial charge in [-0.05, 0) is 51.8 Å². The fourth-order valence-electron chi connectivity index (χ4n) is 3.33. The number of aromatic nitrogens is 2. The smallest absolute Gasteiger partial charge is 0.341 e. The zero-order chi connectivity index (χ0) is 21.6. The summed E-state index contributed by atoms with van der Waals surface area (Å²) in [7, 11) is 1.47. The van der Waals surface area contributed by atoms with Crippen molar-refractivity contribution in [2.75, 3.05) is 13.7 Å². The Balaban J connectivity index is 2.38. The second kappa shape index (κ2) is 9.36. The van der Waals surface area contributed by atoms with Crippen molar-refractivity contribution in [3.05, 3.63) is 54.2 Å². The van der Waals surface area contributed by atoms with Gasteiger partial charge in [0.25, 0.3) is 0 Å². The Bertz CT molecular complexity index is 898. The number of halogens is 1. The van der Waals surface area contributed by atoms with E-state index in [2.05, 4.69) is 16.7 Å². The molecule has 2 heterocycles. The number of ether oxygens (including phenoxy) is 1. The zero-order valence-corrected chi connectivity index (χ0v) is 17.2. The molecular weight excluding hydrogens is 375 g/mol. The molecule has 1 N–H and O–H groups in total. The fraction of sp³-hybridized carbons (Fsp3) is 0.381. The molecule has 0 radical (unpaired) electrons. The molecule has 156 valence electrons. The molecule has 2 rings (SSSR count). The lowest BCUT2D eigenvalue weighted by Crippen LogP contribution is -2.42. The van der Waals surface area contributed by atoms with Gasteiger partial charge in [-0.25, -0.2) is 18.9 Å². The van der Waals surface area contributed by atoms with Crippen molar-refractivity contribution in [1.29, 1.82) is 0 Å². The summed E-state index contributed by atoms with van der Waals surface area (Å²) < 4.78 is 20.8. The second-order valence-electron chi connectivity index (χ2n) is 6.92. The number of aromatic carboxylic acids is 1. The van der Waals surface area contributed by atoms with Crippen LogP contribution in [0.1, 0.15) is 44.0 Å². The van der Waals surface area contributed by atoms with Gasteiger partial charge < -0.3 is 14.7 Å². The summed E-state index contributed by atoms with van der Waals surface area (Å²) in [5.41, 5.74) is -0.586. The minimum absolute atomic E-state index is 0.00563. The molecule has 8 heteroatoms. The van der Waals surface area contributed by atoms with Crippen LogP contribution < -0.4 is 0 Å². The average Bonchev–Trinajstić information content (AvgIpc) is 3.23. The summed E-state index contributed by atoms with van der Waals surface area (Å²) in [5, 5.41) is 13.5. The fourth-order valence-corrected chi connectivity index (χ4v) is 3.33. The lowest BCUT2D eigenvalue weighted by atomic mass is 9.97. The highest BCUT2D eigenvalue weighted by Gasteiger charge is 2.36. The topological polar surface area (TPSA) is 80.0 Å². The first-order valence-electron chi connectivity index (χ1n) is 9.27. The number of nitrogens with zero attached hydrogens (tertiary/aromatic N) is 4. The molecule has 1 atom stereocenters. The van der Waals surface area contributed by atoms with Crippen LogP contribution in [0.5, 0.6) is 0 Å². The minimum Gasteiger partial charge on any atom is -0.497 e. The summed E-state index contributed by atoms with van der Waals surface area (Å²) in [5.74, 6) is -0.337. The molecule has 29 heavy (non-hydrogen) atoms. The van der Waals surface area contributed by atoms with Gasteiger partial charge in [0.2, 0.25) is 0 Å². The highest BCUT2D eigenvalue weighted by atomic mass is 19.1. The first-order valence-corrected chi connectivity index (χ1v) is 9.27. The van der Waals surface area contributed by atoms with Gasteiger partial charge >= 0.3 is 5.97 Å². The van der Waals surface area contributed by atoms with Gasteiger partial charge in [0.1, 0.15) is 23.0 Å².